The third-order valence-corrected chi connectivity index (χ3v) is 4.05. The van der Waals surface area contributed by atoms with Crippen molar-refractivity contribution in [1.29, 1.82) is 0 Å². The van der Waals surface area contributed by atoms with Gasteiger partial charge >= 0.3 is 5.97 Å². The molecule has 1 aromatic rings. The molecule has 0 amide bonds. The minimum atomic E-state index is -0.264. The van der Waals surface area contributed by atoms with Gasteiger partial charge in [0, 0.05) is 6.61 Å². The van der Waals surface area contributed by atoms with Crippen LogP contribution in [0.4, 0.5) is 0 Å². The molecule has 0 aliphatic carbocycles. The van der Waals surface area contributed by atoms with Crippen LogP contribution in [0.1, 0.15) is 75.1 Å². The molecule has 0 bridgehead atoms. The number of benzene rings is 1. The van der Waals surface area contributed by atoms with E-state index in [-0.39, 0.29) is 5.97 Å². The number of hydrogen-bond donors (Lipinski definition) is 0. The topological polar surface area (TPSA) is 35.5 Å². The van der Waals surface area contributed by atoms with Crippen molar-refractivity contribution in [2.75, 3.05) is 19.8 Å². The maximum Gasteiger partial charge on any atom is 0.338 e. The average Bonchev–Trinajstić information content (AvgIpc) is 2.65. The van der Waals surface area contributed by atoms with E-state index < -0.39 is 0 Å². The van der Waals surface area contributed by atoms with Crippen molar-refractivity contribution < 1.29 is 14.3 Å². The molecule has 0 heterocycles. The zero-order chi connectivity index (χ0) is 18.0. The van der Waals surface area contributed by atoms with Gasteiger partial charge < -0.3 is 9.47 Å². The molecule has 140 valence electrons. The predicted octanol–water partition coefficient (Wildman–Crippen LogP) is 5.95. The zero-order valence-corrected chi connectivity index (χ0v) is 15.8. The van der Waals surface area contributed by atoms with Crippen LogP contribution in [0.25, 0.3) is 0 Å². The first kappa shape index (κ1) is 21.4. The Bertz CT molecular complexity index is 454. The monoisotopic (exact) mass is 346 g/mol. The Labute approximate surface area is 153 Å². The second-order valence-corrected chi connectivity index (χ2v) is 6.31. The number of esters is 1. The third kappa shape index (κ3) is 12.4. The summed E-state index contributed by atoms with van der Waals surface area (Å²) in [5, 5.41) is 0. The van der Waals surface area contributed by atoms with Crippen LogP contribution in [0, 0.1) is 0 Å². The summed E-state index contributed by atoms with van der Waals surface area (Å²) in [5.41, 5.74) is 0.597. The van der Waals surface area contributed by atoms with Gasteiger partial charge in [0.25, 0.3) is 0 Å². The fourth-order valence-corrected chi connectivity index (χ4v) is 2.55. The molecule has 0 radical (unpaired) electrons. The van der Waals surface area contributed by atoms with Gasteiger partial charge in [0.05, 0.1) is 18.8 Å². The highest BCUT2D eigenvalue weighted by atomic mass is 16.5. The second-order valence-electron chi connectivity index (χ2n) is 6.31. The molecule has 0 saturated heterocycles. The Kier molecular flexibility index (Phi) is 13.6. The van der Waals surface area contributed by atoms with Crippen LogP contribution in [0.2, 0.25) is 0 Å². The van der Waals surface area contributed by atoms with E-state index in [9.17, 15) is 4.79 Å². The van der Waals surface area contributed by atoms with Crippen LogP contribution < -0.4 is 0 Å². The molecule has 25 heavy (non-hydrogen) atoms. The molecular weight excluding hydrogens is 312 g/mol. The van der Waals surface area contributed by atoms with E-state index in [2.05, 4.69) is 6.92 Å². The normalized spacial score (nSPS) is 11.1. The first-order chi connectivity index (χ1) is 12.3. The molecule has 0 aliphatic heterocycles. The van der Waals surface area contributed by atoms with Crippen molar-refractivity contribution >= 4 is 5.97 Å². The molecule has 1 rings (SSSR count). The lowest BCUT2D eigenvalue weighted by molar-refractivity contribution is 0.0511. The van der Waals surface area contributed by atoms with E-state index in [1.165, 1.54) is 44.9 Å². The van der Waals surface area contributed by atoms with Gasteiger partial charge in [-0.2, -0.15) is 0 Å². The molecule has 0 spiro atoms. The fraction of sp³-hybridized carbons (Fsp3) is 0.591. The number of unbranched alkanes of at least 4 members (excludes halogenated alkanes) is 7. The minimum absolute atomic E-state index is 0.264. The maximum absolute atomic E-state index is 11.7. The van der Waals surface area contributed by atoms with Crippen molar-refractivity contribution in [2.45, 2.75) is 64.7 Å². The number of rotatable bonds is 15. The molecule has 0 saturated carbocycles. The number of hydrogen-bond acceptors (Lipinski definition) is 3. The van der Waals surface area contributed by atoms with Gasteiger partial charge in [-0.25, -0.2) is 4.79 Å². The van der Waals surface area contributed by atoms with E-state index in [4.69, 9.17) is 9.47 Å². The first-order valence-electron chi connectivity index (χ1n) is 9.79. The number of ether oxygens (including phenoxy) is 2. The Morgan fingerprint density at radius 1 is 0.880 bits per heavy atom. The van der Waals surface area contributed by atoms with Crippen molar-refractivity contribution in [3.63, 3.8) is 0 Å². The van der Waals surface area contributed by atoms with E-state index in [0.717, 1.165) is 19.4 Å². The largest absolute Gasteiger partial charge is 0.462 e. The van der Waals surface area contributed by atoms with Crippen LogP contribution >= 0.6 is 0 Å². The van der Waals surface area contributed by atoms with Crippen LogP contribution in [-0.2, 0) is 9.47 Å². The van der Waals surface area contributed by atoms with E-state index in [1.54, 1.807) is 12.1 Å². The second kappa shape index (κ2) is 15.9. The molecule has 1 aromatic carbocycles. The van der Waals surface area contributed by atoms with Crippen LogP contribution in [0.15, 0.2) is 42.5 Å². The molecule has 0 aromatic heterocycles. The Morgan fingerprint density at radius 3 is 2.28 bits per heavy atom. The van der Waals surface area contributed by atoms with Gasteiger partial charge in [0.1, 0.15) is 0 Å². The summed E-state index contributed by atoms with van der Waals surface area (Å²) in [4.78, 5) is 11.7. The van der Waals surface area contributed by atoms with Crippen LogP contribution in [0.3, 0.4) is 0 Å². The molecule has 0 atom stereocenters. The smallest absolute Gasteiger partial charge is 0.338 e. The summed E-state index contributed by atoms with van der Waals surface area (Å²) in [7, 11) is 0. The van der Waals surface area contributed by atoms with Crippen LogP contribution in [-0.4, -0.2) is 25.8 Å². The fourth-order valence-electron chi connectivity index (χ4n) is 2.55. The van der Waals surface area contributed by atoms with Crippen molar-refractivity contribution in [3.05, 3.63) is 48.0 Å². The van der Waals surface area contributed by atoms with Crippen molar-refractivity contribution in [1.82, 2.24) is 0 Å². The van der Waals surface area contributed by atoms with E-state index in [1.807, 2.05) is 30.4 Å². The summed E-state index contributed by atoms with van der Waals surface area (Å²) in [6, 6.07) is 9.07. The Hall–Kier alpha value is -1.61. The average molecular weight is 347 g/mol. The van der Waals surface area contributed by atoms with Gasteiger partial charge in [-0.1, -0.05) is 82.2 Å². The lowest BCUT2D eigenvalue weighted by atomic mass is 10.1. The molecular formula is C22H34O3. The van der Waals surface area contributed by atoms with Crippen molar-refractivity contribution in [2.24, 2.45) is 0 Å². The van der Waals surface area contributed by atoms with Gasteiger partial charge in [0.15, 0.2) is 0 Å². The first-order valence-corrected chi connectivity index (χ1v) is 9.79. The van der Waals surface area contributed by atoms with Gasteiger partial charge in [0.2, 0.25) is 0 Å². The standard InChI is InChI=1S/C22H34O3/c1-2-3-4-5-6-7-8-13-18-24-19-14-10-15-20-25-22(23)21-16-11-9-12-17-21/h9-12,14,16-17H,2-8,13,15,18-20H2,1H3/b14-10+. The molecule has 0 N–H and O–H groups in total. The lowest BCUT2D eigenvalue weighted by Gasteiger charge is -2.03. The molecule has 0 fully saturated rings. The zero-order valence-electron chi connectivity index (χ0n) is 15.8. The number of carbonyl (C=O) groups excluding carboxylic acids is 1. The van der Waals surface area contributed by atoms with Gasteiger partial charge in [-0.05, 0) is 25.0 Å². The number of carbonyl (C=O) groups is 1. The van der Waals surface area contributed by atoms with E-state index in [0.29, 0.717) is 18.8 Å². The van der Waals surface area contributed by atoms with Crippen molar-refractivity contribution in [3.8, 4) is 0 Å². The highest BCUT2D eigenvalue weighted by Gasteiger charge is 2.04. The molecule has 3 nitrogen and oxygen atoms in total. The summed E-state index contributed by atoms with van der Waals surface area (Å²) >= 11 is 0. The summed E-state index contributed by atoms with van der Waals surface area (Å²) < 4.78 is 10.8. The highest BCUT2D eigenvalue weighted by Crippen LogP contribution is 2.08. The van der Waals surface area contributed by atoms with Gasteiger partial charge in [-0.3, -0.25) is 0 Å². The quantitative estimate of drug-likeness (QED) is 0.224. The molecule has 3 heteroatoms. The minimum Gasteiger partial charge on any atom is -0.462 e. The third-order valence-electron chi connectivity index (χ3n) is 4.05. The summed E-state index contributed by atoms with van der Waals surface area (Å²) in [6.45, 7) is 4.14. The highest BCUT2D eigenvalue weighted by molar-refractivity contribution is 5.89. The molecule has 0 unspecified atom stereocenters. The maximum atomic E-state index is 11.7. The Balaban J connectivity index is 1.85. The van der Waals surface area contributed by atoms with Crippen LogP contribution in [0.5, 0.6) is 0 Å². The molecule has 0 aliphatic rings. The summed E-state index contributed by atoms with van der Waals surface area (Å²) in [5.74, 6) is -0.264. The summed E-state index contributed by atoms with van der Waals surface area (Å²) in [6.07, 6.45) is 15.3. The lowest BCUT2D eigenvalue weighted by Crippen LogP contribution is -2.05. The van der Waals surface area contributed by atoms with Gasteiger partial charge in [-0.15, -0.1) is 0 Å². The predicted molar refractivity (Wildman–Crippen MR) is 104 cm³/mol. The SMILES string of the molecule is CCCCCCCCCCOC/C=C/CCOC(=O)c1ccccc1. The van der Waals surface area contributed by atoms with E-state index >= 15 is 0 Å². The Morgan fingerprint density at radius 2 is 1.56 bits per heavy atom.